The Bertz CT molecular complexity index is 72.1. The van der Waals surface area contributed by atoms with E-state index >= 15 is 0 Å². The van der Waals surface area contributed by atoms with Gasteiger partial charge in [0.15, 0.2) is 0 Å². The van der Waals surface area contributed by atoms with Crippen molar-refractivity contribution >= 4 is 21.7 Å². The SMILES string of the molecule is CC(=O)C(Br)CO. The maximum atomic E-state index is 10.2. The molecule has 1 atom stereocenters. The number of halogens is 1. The Morgan fingerprint density at radius 1 is 2.00 bits per heavy atom. The van der Waals surface area contributed by atoms with Crippen LogP contribution in [0.15, 0.2) is 0 Å². The van der Waals surface area contributed by atoms with Crippen LogP contribution in [0.3, 0.4) is 0 Å². The quantitative estimate of drug-likeness (QED) is 0.601. The molecule has 0 aliphatic rings. The molecular formula is C4H7BrO2. The summed E-state index contributed by atoms with van der Waals surface area (Å²) in [6.45, 7) is 1.31. The third-order valence-electron chi connectivity index (χ3n) is 0.601. The summed E-state index contributed by atoms with van der Waals surface area (Å²) < 4.78 is 0. The van der Waals surface area contributed by atoms with Gasteiger partial charge in [-0.15, -0.1) is 0 Å². The summed E-state index contributed by atoms with van der Waals surface area (Å²) in [5.41, 5.74) is 0. The molecule has 1 N–H and O–H groups in total. The first-order chi connectivity index (χ1) is 3.18. The van der Waals surface area contributed by atoms with Crippen LogP contribution in [0.25, 0.3) is 0 Å². The smallest absolute Gasteiger partial charge is 0.145 e. The number of hydrogen-bond acceptors (Lipinski definition) is 2. The summed E-state index contributed by atoms with van der Waals surface area (Å²) in [6.07, 6.45) is 0. The molecule has 3 heteroatoms. The summed E-state index contributed by atoms with van der Waals surface area (Å²) in [4.78, 5) is 9.80. The fourth-order valence-corrected chi connectivity index (χ4v) is 0.129. The van der Waals surface area contributed by atoms with E-state index in [1.54, 1.807) is 0 Å². The number of ketones is 1. The minimum atomic E-state index is -0.368. The number of carbonyl (C=O) groups excluding carboxylic acids is 1. The fourth-order valence-electron chi connectivity index (χ4n) is 0.129. The molecule has 1 unspecified atom stereocenters. The molecule has 0 saturated carbocycles. The van der Waals surface area contributed by atoms with E-state index in [-0.39, 0.29) is 17.2 Å². The van der Waals surface area contributed by atoms with Crippen molar-refractivity contribution in [2.75, 3.05) is 6.61 Å². The predicted molar refractivity (Wildman–Crippen MR) is 30.5 cm³/mol. The molecule has 0 aliphatic heterocycles. The average molecular weight is 167 g/mol. The highest BCUT2D eigenvalue weighted by atomic mass is 79.9. The third kappa shape index (κ3) is 2.76. The van der Waals surface area contributed by atoms with Gasteiger partial charge < -0.3 is 5.11 Å². The van der Waals surface area contributed by atoms with Gasteiger partial charge in [0.05, 0.1) is 11.4 Å². The maximum Gasteiger partial charge on any atom is 0.145 e. The number of alkyl halides is 1. The molecule has 0 aromatic rings. The van der Waals surface area contributed by atoms with Gasteiger partial charge in [-0.05, 0) is 6.92 Å². The second kappa shape index (κ2) is 3.16. The number of aliphatic hydroxyl groups excluding tert-OH is 1. The molecule has 0 heterocycles. The van der Waals surface area contributed by atoms with Crippen molar-refractivity contribution in [3.63, 3.8) is 0 Å². The van der Waals surface area contributed by atoms with Gasteiger partial charge in [0.25, 0.3) is 0 Å². The van der Waals surface area contributed by atoms with E-state index in [1.165, 1.54) is 6.92 Å². The first-order valence-corrected chi connectivity index (χ1v) is 2.85. The molecule has 0 aromatic heterocycles. The van der Waals surface area contributed by atoms with Crippen LogP contribution in [0.5, 0.6) is 0 Å². The Morgan fingerprint density at radius 3 is 2.43 bits per heavy atom. The Kier molecular flexibility index (Phi) is 3.21. The number of rotatable bonds is 2. The van der Waals surface area contributed by atoms with Crippen molar-refractivity contribution in [2.24, 2.45) is 0 Å². The zero-order valence-electron chi connectivity index (χ0n) is 4.02. The highest BCUT2D eigenvalue weighted by Gasteiger charge is 2.04. The lowest BCUT2D eigenvalue weighted by atomic mass is 10.3. The number of aliphatic hydroxyl groups is 1. The van der Waals surface area contributed by atoms with Crippen molar-refractivity contribution in [3.8, 4) is 0 Å². The van der Waals surface area contributed by atoms with Gasteiger partial charge in [0, 0.05) is 0 Å². The van der Waals surface area contributed by atoms with Gasteiger partial charge in [-0.2, -0.15) is 0 Å². The largest absolute Gasteiger partial charge is 0.395 e. The summed E-state index contributed by atoms with van der Waals surface area (Å²) in [7, 11) is 0. The van der Waals surface area contributed by atoms with Crippen LogP contribution in [-0.4, -0.2) is 22.3 Å². The first kappa shape index (κ1) is 7.11. The van der Waals surface area contributed by atoms with E-state index in [0.717, 1.165) is 0 Å². The van der Waals surface area contributed by atoms with E-state index in [9.17, 15) is 4.79 Å². The van der Waals surface area contributed by atoms with Crippen LogP contribution in [0.4, 0.5) is 0 Å². The van der Waals surface area contributed by atoms with Crippen molar-refractivity contribution in [2.45, 2.75) is 11.8 Å². The monoisotopic (exact) mass is 166 g/mol. The normalized spacial score (nSPS) is 13.6. The van der Waals surface area contributed by atoms with Crippen LogP contribution >= 0.6 is 15.9 Å². The molecule has 0 fully saturated rings. The van der Waals surface area contributed by atoms with Gasteiger partial charge in [0.2, 0.25) is 0 Å². The van der Waals surface area contributed by atoms with Crippen LogP contribution in [-0.2, 0) is 4.79 Å². The van der Waals surface area contributed by atoms with Crippen LogP contribution < -0.4 is 0 Å². The molecule has 0 spiro atoms. The van der Waals surface area contributed by atoms with E-state index in [4.69, 9.17) is 5.11 Å². The van der Waals surface area contributed by atoms with E-state index < -0.39 is 0 Å². The minimum absolute atomic E-state index is 0.0394. The van der Waals surface area contributed by atoms with E-state index in [0.29, 0.717) is 0 Å². The molecule has 2 nitrogen and oxygen atoms in total. The summed E-state index contributed by atoms with van der Waals surface area (Å²) in [6, 6.07) is 0. The summed E-state index contributed by atoms with van der Waals surface area (Å²) in [5, 5.41) is 8.24. The lowest BCUT2D eigenvalue weighted by molar-refractivity contribution is -0.116. The van der Waals surface area contributed by atoms with Crippen molar-refractivity contribution in [1.29, 1.82) is 0 Å². The molecule has 0 bridgehead atoms. The van der Waals surface area contributed by atoms with Gasteiger partial charge >= 0.3 is 0 Å². The lowest BCUT2D eigenvalue weighted by Gasteiger charge is -1.95. The highest BCUT2D eigenvalue weighted by Crippen LogP contribution is 1.96. The molecule has 7 heavy (non-hydrogen) atoms. The van der Waals surface area contributed by atoms with Gasteiger partial charge in [-0.25, -0.2) is 0 Å². The Morgan fingerprint density at radius 2 is 2.43 bits per heavy atom. The van der Waals surface area contributed by atoms with E-state index in [1.807, 2.05) is 0 Å². The van der Waals surface area contributed by atoms with Crippen molar-refractivity contribution in [1.82, 2.24) is 0 Å². The van der Waals surface area contributed by atoms with Gasteiger partial charge in [0.1, 0.15) is 5.78 Å². The lowest BCUT2D eigenvalue weighted by Crippen LogP contribution is -2.13. The fraction of sp³-hybridized carbons (Fsp3) is 0.750. The zero-order chi connectivity index (χ0) is 5.86. The van der Waals surface area contributed by atoms with Crippen molar-refractivity contribution in [3.05, 3.63) is 0 Å². The first-order valence-electron chi connectivity index (χ1n) is 1.94. The van der Waals surface area contributed by atoms with Crippen molar-refractivity contribution < 1.29 is 9.90 Å². The summed E-state index contributed by atoms with van der Waals surface area (Å²) in [5.74, 6) is -0.0394. The second-order valence-corrected chi connectivity index (χ2v) is 2.37. The third-order valence-corrected chi connectivity index (χ3v) is 1.54. The standard InChI is InChI=1S/C4H7BrO2/c1-3(7)4(5)2-6/h4,6H,2H2,1H3. The van der Waals surface area contributed by atoms with Crippen LogP contribution in [0.2, 0.25) is 0 Å². The predicted octanol–water partition coefficient (Wildman–Crippen LogP) is 0.331. The van der Waals surface area contributed by atoms with E-state index in [2.05, 4.69) is 15.9 Å². The molecule has 0 saturated heterocycles. The van der Waals surface area contributed by atoms with Gasteiger partial charge in [-0.1, -0.05) is 15.9 Å². The highest BCUT2D eigenvalue weighted by molar-refractivity contribution is 9.10. The minimum Gasteiger partial charge on any atom is -0.395 e. The molecule has 42 valence electrons. The summed E-state index contributed by atoms with van der Waals surface area (Å²) >= 11 is 2.94. The Labute approximate surface area is 50.7 Å². The second-order valence-electron chi connectivity index (χ2n) is 1.26. The maximum absolute atomic E-state index is 10.2. The van der Waals surface area contributed by atoms with Crippen LogP contribution in [0.1, 0.15) is 6.92 Å². The molecular weight excluding hydrogens is 160 g/mol. The molecule has 0 rings (SSSR count). The Hall–Kier alpha value is 0.110. The topological polar surface area (TPSA) is 37.3 Å². The number of Topliss-reactive ketones (excluding diaryl/α,β-unsaturated/α-hetero) is 1. The van der Waals surface area contributed by atoms with Crippen LogP contribution in [0, 0.1) is 0 Å². The molecule has 0 amide bonds. The number of carbonyl (C=O) groups is 1. The molecule has 0 aromatic carbocycles. The zero-order valence-corrected chi connectivity index (χ0v) is 5.60. The Balaban J connectivity index is 3.34. The van der Waals surface area contributed by atoms with Gasteiger partial charge in [-0.3, -0.25) is 4.79 Å². The number of hydrogen-bond donors (Lipinski definition) is 1. The molecule has 0 aliphatic carbocycles. The average Bonchev–Trinajstić information content (AvgIpc) is 1.65. The molecule has 0 radical (unpaired) electrons.